The topological polar surface area (TPSA) is 137 Å². The Balaban J connectivity index is 2.68. The molecule has 1 aromatic rings. The molecule has 20 heavy (non-hydrogen) atoms. The Bertz CT molecular complexity index is 574. The van der Waals surface area contributed by atoms with Crippen molar-refractivity contribution in [1.82, 2.24) is 5.32 Å². The van der Waals surface area contributed by atoms with Gasteiger partial charge in [-0.3, -0.25) is 4.79 Å². The number of rotatable bonds is 7. The number of ether oxygens (including phenoxy) is 1. The van der Waals surface area contributed by atoms with Gasteiger partial charge in [0.25, 0.3) is 0 Å². The van der Waals surface area contributed by atoms with Crippen LogP contribution in [0.3, 0.4) is 0 Å². The maximum Gasteiger partial charge on any atom is 0.240 e. The third-order valence-corrected chi connectivity index (χ3v) is 3.41. The van der Waals surface area contributed by atoms with E-state index in [0.717, 1.165) is 0 Å². The molecule has 1 amide bonds. The quantitative estimate of drug-likeness (QED) is 0.380. The minimum Gasteiger partial charge on any atom is -0.396 e. The largest absolute Gasteiger partial charge is 0.396 e. The number of hydrogen-bond donors (Lipinski definition) is 4. The molecule has 6 N–H and O–H groups in total. The second-order valence-corrected chi connectivity index (χ2v) is 5.49. The molecule has 0 aliphatic carbocycles. The van der Waals surface area contributed by atoms with Crippen LogP contribution in [-0.4, -0.2) is 41.1 Å². The first-order valence-corrected chi connectivity index (χ1v) is 7.31. The zero-order valence-corrected chi connectivity index (χ0v) is 11.9. The Morgan fingerprint density at radius 2 is 2.10 bits per heavy atom. The van der Waals surface area contributed by atoms with Gasteiger partial charge in [-0.2, -0.15) is 0 Å². The molecule has 0 aromatic heterocycles. The molecule has 112 valence electrons. The van der Waals surface area contributed by atoms with E-state index < -0.39 is 10.0 Å². The Morgan fingerprint density at radius 1 is 1.40 bits per heavy atom. The van der Waals surface area contributed by atoms with Gasteiger partial charge in [0, 0.05) is 13.7 Å². The van der Waals surface area contributed by atoms with Crippen LogP contribution in [0.5, 0.6) is 0 Å². The van der Waals surface area contributed by atoms with Crippen LogP contribution in [-0.2, 0) is 19.6 Å². The third kappa shape index (κ3) is 4.68. The highest BCUT2D eigenvalue weighted by atomic mass is 32.2. The standard InChI is InChI=1S/C11H18N4O4S/c1-19-6-5-14-10(16)7-15-8-3-2-4-9(11(8)12)20(13,17)18/h2-4,15H,5-7,12H2,1H3,(H,14,16)(H2,13,17,18). The molecule has 0 radical (unpaired) electrons. The van der Waals surface area contributed by atoms with Gasteiger partial charge in [0.2, 0.25) is 15.9 Å². The number of primary sulfonamides is 1. The first kappa shape index (κ1) is 16.2. The number of nitrogen functional groups attached to an aromatic ring is 1. The van der Waals surface area contributed by atoms with Crippen LogP contribution in [0.4, 0.5) is 11.4 Å². The number of nitrogens with two attached hydrogens (primary N) is 2. The fourth-order valence-electron chi connectivity index (χ4n) is 1.48. The summed E-state index contributed by atoms with van der Waals surface area (Å²) < 4.78 is 27.4. The van der Waals surface area contributed by atoms with Gasteiger partial charge in [-0.05, 0) is 12.1 Å². The molecular formula is C11H18N4O4S. The lowest BCUT2D eigenvalue weighted by Gasteiger charge is -2.12. The van der Waals surface area contributed by atoms with Gasteiger partial charge in [-0.25, -0.2) is 13.6 Å². The summed E-state index contributed by atoms with van der Waals surface area (Å²) in [6, 6.07) is 4.35. The molecule has 1 rings (SSSR count). The van der Waals surface area contributed by atoms with Crippen LogP contribution < -0.4 is 21.5 Å². The van der Waals surface area contributed by atoms with Crippen molar-refractivity contribution in [2.24, 2.45) is 5.14 Å². The molecule has 0 aliphatic heterocycles. The minimum absolute atomic E-state index is 0.0142. The first-order valence-electron chi connectivity index (χ1n) is 5.77. The van der Waals surface area contributed by atoms with Crippen LogP contribution in [0.25, 0.3) is 0 Å². The number of carbonyl (C=O) groups is 1. The van der Waals surface area contributed by atoms with Crippen molar-refractivity contribution in [1.29, 1.82) is 0 Å². The third-order valence-electron chi connectivity index (χ3n) is 2.44. The Labute approximate surface area is 117 Å². The minimum atomic E-state index is -3.89. The molecule has 0 spiro atoms. The van der Waals surface area contributed by atoms with Crippen LogP contribution in [0, 0.1) is 0 Å². The number of carbonyl (C=O) groups excluding carboxylic acids is 1. The Hall–Kier alpha value is -1.84. The number of methoxy groups -OCH3 is 1. The van der Waals surface area contributed by atoms with Crippen molar-refractivity contribution in [2.45, 2.75) is 4.90 Å². The van der Waals surface area contributed by atoms with E-state index in [2.05, 4.69) is 10.6 Å². The number of benzene rings is 1. The predicted molar refractivity (Wildman–Crippen MR) is 75.6 cm³/mol. The van der Waals surface area contributed by atoms with E-state index in [1.165, 1.54) is 19.2 Å². The number of amides is 1. The highest BCUT2D eigenvalue weighted by molar-refractivity contribution is 7.89. The summed E-state index contributed by atoms with van der Waals surface area (Å²) in [5.41, 5.74) is 6.02. The summed E-state index contributed by atoms with van der Waals surface area (Å²) in [7, 11) is -2.36. The Kier molecular flexibility index (Phi) is 5.74. The van der Waals surface area contributed by atoms with Gasteiger partial charge in [0.1, 0.15) is 4.90 Å². The lowest BCUT2D eigenvalue weighted by molar-refractivity contribution is -0.119. The highest BCUT2D eigenvalue weighted by Gasteiger charge is 2.14. The maximum atomic E-state index is 11.5. The second kappa shape index (κ2) is 7.08. The second-order valence-electron chi connectivity index (χ2n) is 3.96. The summed E-state index contributed by atoms with van der Waals surface area (Å²) in [6.07, 6.45) is 0. The lowest BCUT2D eigenvalue weighted by Crippen LogP contribution is -2.32. The zero-order valence-electron chi connectivity index (χ0n) is 11.0. The SMILES string of the molecule is COCCNC(=O)CNc1cccc(S(N)(=O)=O)c1N. The fraction of sp³-hybridized carbons (Fsp3) is 0.364. The molecule has 0 atom stereocenters. The average molecular weight is 302 g/mol. The molecule has 0 bridgehead atoms. The first-order chi connectivity index (χ1) is 9.36. The van der Waals surface area contributed by atoms with E-state index in [1.54, 1.807) is 6.07 Å². The normalized spacial score (nSPS) is 11.1. The Morgan fingerprint density at radius 3 is 2.70 bits per heavy atom. The molecule has 0 saturated heterocycles. The summed E-state index contributed by atoms with van der Waals surface area (Å²) in [6.45, 7) is 0.764. The molecule has 0 heterocycles. The lowest BCUT2D eigenvalue weighted by atomic mass is 10.2. The van der Waals surface area contributed by atoms with Crippen molar-refractivity contribution in [3.8, 4) is 0 Å². The summed E-state index contributed by atoms with van der Waals surface area (Å²) in [5.74, 6) is -0.262. The number of sulfonamides is 1. The smallest absolute Gasteiger partial charge is 0.240 e. The molecular weight excluding hydrogens is 284 g/mol. The molecule has 0 fully saturated rings. The molecule has 0 saturated carbocycles. The molecule has 1 aromatic carbocycles. The summed E-state index contributed by atoms with van der Waals surface area (Å²) in [4.78, 5) is 11.3. The van der Waals surface area contributed by atoms with Crippen molar-refractivity contribution in [3.63, 3.8) is 0 Å². The number of nitrogens with one attached hydrogen (secondary N) is 2. The van der Waals surface area contributed by atoms with E-state index in [-0.39, 0.29) is 23.0 Å². The summed E-state index contributed by atoms with van der Waals surface area (Å²) in [5, 5.41) is 10.4. The predicted octanol–water partition coefficient (Wildman–Crippen LogP) is -0.909. The van der Waals surface area contributed by atoms with Gasteiger partial charge in [-0.1, -0.05) is 6.07 Å². The summed E-state index contributed by atoms with van der Waals surface area (Å²) >= 11 is 0. The number of hydrogen-bond acceptors (Lipinski definition) is 6. The molecule has 0 aliphatic rings. The van der Waals surface area contributed by atoms with Crippen molar-refractivity contribution in [2.75, 3.05) is 37.9 Å². The average Bonchev–Trinajstić information content (AvgIpc) is 2.36. The molecule has 0 unspecified atom stereocenters. The van der Waals surface area contributed by atoms with E-state index in [9.17, 15) is 13.2 Å². The van der Waals surface area contributed by atoms with Crippen molar-refractivity contribution in [3.05, 3.63) is 18.2 Å². The van der Waals surface area contributed by atoms with Crippen LogP contribution in [0.1, 0.15) is 0 Å². The van der Waals surface area contributed by atoms with Gasteiger partial charge < -0.3 is 21.1 Å². The van der Waals surface area contributed by atoms with Crippen LogP contribution in [0.15, 0.2) is 23.1 Å². The van der Waals surface area contributed by atoms with Crippen LogP contribution >= 0.6 is 0 Å². The monoisotopic (exact) mass is 302 g/mol. The fourth-order valence-corrected chi connectivity index (χ4v) is 2.16. The van der Waals surface area contributed by atoms with Crippen molar-refractivity contribution >= 4 is 27.3 Å². The van der Waals surface area contributed by atoms with Gasteiger partial charge in [0.15, 0.2) is 0 Å². The molecule has 8 nitrogen and oxygen atoms in total. The highest BCUT2D eigenvalue weighted by Crippen LogP contribution is 2.25. The van der Waals surface area contributed by atoms with E-state index in [0.29, 0.717) is 18.8 Å². The number of para-hydroxylation sites is 1. The van der Waals surface area contributed by atoms with Crippen LogP contribution in [0.2, 0.25) is 0 Å². The zero-order chi connectivity index (χ0) is 15.2. The van der Waals surface area contributed by atoms with Gasteiger partial charge in [-0.15, -0.1) is 0 Å². The van der Waals surface area contributed by atoms with Crippen molar-refractivity contribution < 1.29 is 17.9 Å². The molecule has 9 heteroatoms. The van der Waals surface area contributed by atoms with E-state index >= 15 is 0 Å². The number of anilines is 2. The van der Waals surface area contributed by atoms with E-state index in [1.807, 2.05) is 0 Å². The maximum absolute atomic E-state index is 11.5. The van der Waals surface area contributed by atoms with Gasteiger partial charge >= 0.3 is 0 Å². The van der Waals surface area contributed by atoms with Gasteiger partial charge in [0.05, 0.1) is 24.5 Å². The van der Waals surface area contributed by atoms with E-state index in [4.69, 9.17) is 15.6 Å².